The average Bonchev–Trinajstić information content (AvgIpc) is 2.90. The summed E-state index contributed by atoms with van der Waals surface area (Å²) in [5, 5.41) is 20.9. The van der Waals surface area contributed by atoms with Crippen molar-refractivity contribution in [1.82, 2.24) is 4.98 Å². The van der Waals surface area contributed by atoms with E-state index in [0.29, 0.717) is 15.8 Å². The molecule has 2 atom stereocenters. The highest BCUT2D eigenvalue weighted by molar-refractivity contribution is 7.25. The van der Waals surface area contributed by atoms with Gasteiger partial charge in [-0.25, -0.2) is 4.98 Å². The molecule has 1 aromatic heterocycles. The van der Waals surface area contributed by atoms with Crippen molar-refractivity contribution < 1.29 is 14.8 Å². The summed E-state index contributed by atoms with van der Waals surface area (Å²) in [6.45, 7) is 2.07. The zero-order valence-electron chi connectivity index (χ0n) is 8.88. The van der Waals surface area contributed by atoms with Crippen molar-refractivity contribution >= 4 is 34.3 Å². The third-order valence-electron chi connectivity index (χ3n) is 2.79. The van der Waals surface area contributed by atoms with Gasteiger partial charge in [-0.1, -0.05) is 13.3 Å². The molecular formula is C9H13BN2O3S. The molecular weight excluding hydrogens is 227 g/mol. The van der Waals surface area contributed by atoms with Crippen LogP contribution in [0.1, 0.15) is 19.8 Å². The maximum atomic E-state index is 11.7. The first kappa shape index (κ1) is 11.6. The van der Waals surface area contributed by atoms with E-state index in [2.05, 4.69) is 17.2 Å². The van der Waals surface area contributed by atoms with Crippen LogP contribution in [0.15, 0.2) is 6.20 Å². The Morgan fingerprint density at radius 2 is 2.50 bits per heavy atom. The summed E-state index contributed by atoms with van der Waals surface area (Å²) < 4.78 is 0.332. The predicted octanol–water partition coefficient (Wildman–Crippen LogP) is -0.193. The van der Waals surface area contributed by atoms with Crippen molar-refractivity contribution in [3.05, 3.63) is 6.20 Å². The summed E-state index contributed by atoms with van der Waals surface area (Å²) in [6, 6.07) is 0. The Hall–Kier alpha value is -0.915. The number of hydrogen-bond acceptors (Lipinski definition) is 5. The summed E-state index contributed by atoms with van der Waals surface area (Å²) in [5.74, 6) is 0.597. The Bertz CT molecular complexity index is 396. The highest BCUT2D eigenvalue weighted by atomic mass is 32.1. The van der Waals surface area contributed by atoms with Gasteiger partial charge in [-0.3, -0.25) is 4.79 Å². The van der Waals surface area contributed by atoms with Gasteiger partial charge in [0.05, 0.1) is 4.78 Å². The number of hydrogen-bond donors (Lipinski definition) is 3. The molecule has 86 valence electrons. The average molecular weight is 240 g/mol. The van der Waals surface area contributed by atoms with Crippen LogP contribution in [-0.2, 0) is 4.79 Å². The second kappa shape index (κ2) is 4.53. The number of nitrogens with zero attached hydrogens (tertiary/aromatic N) is 1. The molecule has 5 nitrogen and oxygen atoms in total. The fourth-order valence-corrected chi connectivity index (χ4v) is 2.37. The second-order valence-corrected chi connectivity index (χ2v) is 5.00. The summed E-state index contributed by atoms with van der Waals surface area (Å²) in [6.07, 6.45) is 3.33. The van der Waals surface area contributed by atoms with Gasteiger partial charge in [0.15, 0.2) is 5.13 Å². The maximum absolute atomic E-state index is 11.7. The first-order valence-corrected chi connectivity index (χ1v) is 6.06. The number of anilines is 1. The number of thiazole rings is 1. The van der Waals surface area contributed by atoms with Crippen LogP contribution < -0.4 is 10.1 Å². The standard InChI is InChI=1S/C9H13BN2O3S/c1-2-5-3-6(5)8(13)12-9-11-4-7(16-9)10(14)15/h4-6,14-15H,2-3H2,1H3,(H,11,12,13). The molecule has 1 fully saturated rings. The number of nitrogens with one attached hydrogen (secondary N) is 1. The monoisotopic (exact) mass is 240 g/mol. The molecule has 3 N–H and O–H groups in total. The summed E-state index contributed by atoms with van der Waals surface area (Å²) >= 11 is 1.08. The van der Waals surface area contributed by atoms with Gasteiger partial charge < -0.3 is 15.4 Å². The van der Waals surface area contributed by atoms with Gasteiger partial charge in [0.25, 0.3) is 0 Å². The molecule has 1 aromatic rings. The molecule has 1 aliphatic carbocycles. The van der Waals surface area contributed by atoms with E-state index >= 15 is 0 Å². The lowest BCUT2D eigenvalue weighted by molar-refractivity contribution is -0.117. The lowest BCUT2D eigenvalue weighted by Gasteiger charge is -1.99. The highest BCUT2D eigenvalue weighted by Crippen LogP contribution is 2.41. The van der Waals surface area contributed by atoms with Crippen LogP contribution in [0.2, 0.25) is 0 Å². The van der Waals surface area contributed by atoms with Gasteiger partial charge >= 0.3 is 7.12 Å². The Morgan fingerprint density at radius 3 is 3.00 bits per heavy atom. The molecule has 1 amide bonds. The van der Waals surface area contributed by atoms with Crippen molar-refractivity contribution in [2.24, 2.45) is 11.8 Å². The number of rotatable bonds is 4. The van der Waals surface area contributed by atoms with E-state index in [1.807, 2.05) is 0 Å². The van der Waals surface area contributed by atoms with Crippen LogP contribution in [-0.4, -0.2) is 28.1 Å². The van der Waals surface area contributed by atoms with E-state index in [1.54, 1.807) is 0 Å². The third kappa shape index (κ3) is 2.42. The Kier molecular flexibility index (Phi) is 3.27. The molecule has 1 heterocycles. The fourth-order valence-electron chi connectivity index (χ4n) is 1.68. The van der Waals surface area contributed by atoms with Crippen LogP contribution in [0.5, 0.6) is 0 Å². The quantitative estimate of drug-likeness (QED) is 0.637. The van der Waals surface area contributed by atoms with Gasteiger partial charge in [-0.15, -0.1) is 11.3 Å². The number of carbonyl (C=O) groups is 1. The zero-order chi connectivity index (χ0) is 11.7. The summed E-state index contributed by atoms with van der Waals surface area (Å²) in [7, 11) is -1.52. The summed E-state index contributed by atoms with van der Waals surface area (Å²) in [4.78, 5) is 15.6. The normalized spacial score (nSPS) is 22.9. The Labute approximate surface area is 97.7 Å². The predicted molar refractivity (Wildman–Crippen MR) is 62.5 cm³/mol. The van der Waals surface area contributed by atoms with Crippen molar-refractivity contribution in [3.8, 4) is 0 Å². The van der Waals surface area contributed by atoms with Crippen molar-refractivity contribution in [2.75, 3.05) is 5.32 Å². The molecule has 0 saturated heterocycles. The second-order valence-electron chi connectivity index (χ2n) is 3.94. The lowest BCUT2D eigenvalue weighted by atomic mass is 9.91. The van der Waals surface area contributed by atoms with E-state index in [9.17, 15) is 4.79 Å². The minimum Gasteiger partial charge on any atom is -0.423 e. The number of aromatic nitrogens is 1. The topological polar surface area (TPSA) is 82.5 Å². The molecule has 0 bridgehead atoms. The molecule has 1 saturated carbocycles. The zero-order valence-corrected chi connectivity index (χ0v) is 9.70. The van der Waals surface area contributed by atoms with E-state index < -0.39 is 7.12 Å². The Morgan fingerprint density at radius 1 is 1.75 bits per heavy atom. The van der Waals surface area contributed by atoms with Gasteiger partial charge in [0, 0.05) is 12.1 Å². The Balaban J connectivity index is 1.91. The SMILES string of the molecule is CCC1CC1C(=O)Nc1ncc(B(O)O)s1. The molecule has 0 spiro atoms. The first-order valence-electron chi connectivity index (χ1n) is 5.24. The van der Waals surface area contributed by atoms with Crippen LogP contribution >= 0.6 is 11.3 Å². The third-order valence-corrected chi connectivity index (χ3v) is 3.74. The molecule has 16 heavy (non-hydrogen) atoms. The molecule has 2 unspecified atom stereocenters. The largest absolute Gasteiger partial charge is 0.500 e. The lowest BCUT2D eigenvalue weighted by Crippen LogP contribution is -2.26. The molecule has 2 rings (SSSR count). The maximum Gasteiger partial charge on any atom is 0.500 e. The van der Waals surface area contributed by atoms with Crippen molar-refractivity contribution in [3.63, 3.8) is 0 Å². The number of carbonyl (C=O) groups excluding carboxylic acids is 1. The molecule has 0 aliphatic heterocycles. The van der Waals surface area contributed by atoms with E-state index in [-0.39, 0.29) is 11.8 Å². The first-order chi connectivity index (χ1) is 7.61. The number of amides is 1. The van der Waals surface area contributed by atoms with Crippen molar-refractivity contribution in [1.29, 1.82) is 0 Å². The molecule has 7 heteroatoms. The van der Waals surface area contributed by atoms with E-state index in [4.69, 9.17) is 10.0 Å². The molecule has 1 aliphatic rings. The van der Waals surface area contributed by atoms with E-state index in [0.717, 1.165) is 24.2 Å². The van der Waals surface area contributed by atoms with Gasteiger partial charge in [0.2, 0.25) is 5.91 Å². The molecule has 0 aromatic carbocycles. The van der Waals surface area contributed by atoms with Crippen LogP contribution in [0.25, 0.3) is 0 Å². The minimum atomic E-state index is -1.52. The fraction of sp³-hybridized carbons (Fsp3) is 0.556. The summed E-state index contributed by atoms with van der Waals surface area (Å²) in [5.41, 5.74) is 0. The van der Waals surface area contributed by atoms with Crippen LogP contribution in [0.3, 0.4) is 0 Å². The van der Waals surface area contributed by atoms with Gasteiger partial charge in [-0.2, -0.15) is 0 Å². The van der Waals surface area contributed by atoms with Crippen LogP contribution in [0.4, 0.5) is 5.13 Å². The van der Waals surface area contributed by atoms with E-state index in [1.165, 1.54) is 6.20 Å². The highest BCUT2D eigenvalue weighted by Gasteiger charge is 2.41. The van der Waals surface area contributed by atoms with Crippen molar-refractivity contribution in [2.45, 2.75) is 19.8 Å². The molecule has 0 radical (unpaired) electrons. The minimum absolute atomic E-state index is 0.0137. The smallest absolute Gasteiger partial charge is 0.423 e. The van der Waals surface area contributed by atoms with Gasteiger partial charge in [-0.05, 0) is 12.3 Å². The van der Waals surface area contributed by atoms with Gasteiger partial charge in [0.1, 0.15) is 0 Å². The van der Waals surface area contributed by atoms with Crippen LogP contribution in [0, 0.1) is 11.8 Å².